The molecule has 2 aromatic carbocycles. The van der Waals surface area contributed by atoms with E-state index in [4.69, 9.17) is 14.9 Å². The summed E-state index contributed by atoms with van der Waals surface area (Å²) in [5.41, 5.74) is 7.94. The number of hydrogen-bond acceptors (Lipinski definition) is 10. The van der Waals surface area contributed by atoms with Gasteiger partial charge in [-0.2, -0.15) is 5.10 Å². The van der Waals surface area contributed by atoms with Gasteiger partial charge >= 0.3 is 5.69 Å². The van der Waals surface area contributed by atoms with E-state index >= 15 is 0 Å². The van der Waals surface area contributed by atoms with Gasteiger partial charge in [-0.05, 0) is 54.1 Å². The number of hydrogen-bond donors (Lipinski definition) is 2. The highest BCUT2D eigenvalue weighted by Crippen LogP contribution is 2.44. The van der Waals surface area contributed by atoms with Gasteiger partial charge in [-0.1, -0.05) is 18.2 Å². The Balaban J connectivity index is 1.20. The normalized spacial score (nSPS) is 11.1. The number of nitrogens with zero attached hydrogens (tertiary/aromatic N) is 7. The van der Waals surface area contributed by atoms with Crippen molar-refractivity contribution in [2.24, 2.45) is 14.1 Å². The molecule has 14 heteroatoms. The lowest BCUT2D eigenvalue weighted by Gasteiger charge is -2.11. The third-order valence-corrected chi connectivity index (χ3v) is 7.29. The van der Waals surface area contributed by atoms with Gasteiger partial charge in [0.15, 0.2) is 0 Å². The van der Waals surface area contributed by atoms with E-state index in [0.29, 0.717) is 39.5 Å². The van der Waals surface area contributed by atoms with Gasteiger partial charge in [0.1, 0.15) is 34.6 Å². The van der Waals surface area contributed by atoms with Crippen LogP contribution in [-0.2, 0) is 14.1 Å². The largest absolute Gasteiger partial charge is 0.438 e. The molecule has 0 radical (unpaired) electrons. The van der Waals surface area contributed by atoms with Crippen molar-refractivity contribution in [3.8, 4) is 39.9 Å². The monoisotopic (exact) mass is 627 g/mol. The van der Waals surface area contributed by atoms with Crippen LogP contribution in [0.2, 0.25) is 0 Å². The molecule has 0 aliphatic carbocycles. The van der Waals surface area contributed by atoms with Crippen LogP contribution in [0.15, 0.2) is 112 Å². The van der Waals surface area contributed by atoms with E-state index in [-0.39, 0.29) is 17.3 Å². The number of rotatable bonds is 7. The number of carbonyl (C=O) groups is 1. The molecule has 0 fully saturated rings. The predicted octanol–water partition coefficient (Wildman–Crippen LogP) is 4.16. The summed E-state index contributed by atoms with van der Waals surface area (Å²) in [7, 11) is 3.26. The third kappa shape index (κ3) is 5.39. The Labute approximate surface area is 265 Å². The molecule has 1 amide bonds. The van der Waals surface area contributed by atoms with Crippen molar-refractivity contribution in [2.45, 2.75) is 0 Å². The Morgan fingerprint density at radius 3 is 2.49 bits per heavy atom. The van der Waals surface area contributed by atoms with Crippen molar-refractivity contribution < 1.29 is 13.9 Å². The number of benzene rings is 2. The lowest BCUT2D eigenvalue weighted by Crippen LogP contribution is -2.41. The van der Waals surface area contributed by atoms with Crippen LogP contribution >= 0.6 is 0 Å². The molecule has 5 heterocycles. The smallest absolute Gasteiger partial charge is 0.336 e. The Bertz CT molecular complexity index is 2410. The second kappa shape index (κ2) is 11.6. The molecule has 0 bridgehead atoms. The molecular weight excluding hydrogens is 602 g/mol. The number of aryl methyl sites for hydroxylation is 2. The van der Waals surface area contributed by atoms with E-state index in [1.54, 1.807) is 53.3 Å². The molecule has 14 nitrogen and oxygen atoms in total. The lowest BCUT2D eigenvalue weighted by atomic mass is 10.0. The topological polar surface area (TPSA) is 178 Å². The molecule has 0 unspecified atom stereocenters. The van der Waals surface area contributed by atoms with Gasteiger partial charge in [-0.25, -0.2) is 24.3 Å². The van der Waals surface area contributed by atoms with Gasteiger partial charge in [0.2, 0.25) is 11.6 Å². The van der Waals surface area contributed by atoms with Crippen LogP contribution in [0.4, 0.5) is 11.4 Å². The van der Waals surface area contributed by atoms with Crippen molar-refractivity contribution in [1.29, 1.82) is 0 Å². The van der Waals surface area contributed by atoms with Crippen molar-refractivity contribution in [2.75, 3.05) is 11.1 Å². The maximum atomic E-state index is 13.2. The first kappa shape index (κ1) is 28.9. The summed E-state index contributed by atoms with van der Waals surface area (Å²) < 4.78 is 16.1. The minimum atomic E-state index is -0.793. The molecule has 0 saturated heterocycles. The van der Waals surface area contributed by atoms with E-state index in [2.05, 4.69) is 25.4 Å². The number of carbonyl (C=O) groups excluding carboxylic acids is 1. The van der Waals surface area contributed by atoms with Crippen LogP contribution in [0.3, 0.4) is 0 Å². The molecule has 0 atom stereocenters. The first-order chi connectivity index (χ1) is 22.8. The summed E-state index contributed by atoms with van der Waals surface area (Å²) in [5.74, 6) is 0.586. The maximum absolute atomic E-state index is 13.2. The fourth-order valence-corrected chi connectivity index (χ4v) is 5.12. The molecule has 47 heavy (non-hydrogen) atoms. The summed E-state index contributed by atoms with van der Waals surface area (Å²) in [6.45, 7) is 0. The highest BCUT2D eigenvalue weighted by atomic mass is 16.5. The van der Waals surface area contributed by atoms with Gasteiger partial charge < -0.3 is 24.8 Å². The number of fused-ring (bicyclic) bond motifs is 1. The fraction of sp³-hybridized carbons (Fsp3) is 0.0606. The highest BCUT2D eigenvalue weighted by Gasteiger charge is 2.24. The molecule has 0 aliphatic heterocycles. The van der Waals surface area contributed by atoms with E-state index in [1.165, 1.54) is 31.8 Å². The van der Waals surface area contributed by atoms with E-state index in [1.807, 2.05) is 31.4 Å². The molecule has 0 aliphatic rings. The Hall–Kier alpha value is -6.83. The van der Waals surface area contributed by atoms with Gasteiger partial charge in [0.25, 0.3) is 11.5 Å². The quantitative estimate of drug-likeness (QED) is 0.244. The van der Waals surface area contributed by atoms with Crippen molar-refractivity contribution in [3.05, 3.63) is 124 Å². The van der Waals surface area contributed by atoms with Gasteiger partial charge in [-0.15, -0.1) is 0 Å². The van der Waals surface area contributed by atoms with Crippen molar-refractivity contribution in [3.63, 3.8) is 0 Å². The second-order valence-electron chi connectivity index (χ2n) is 10.5. The average Bonchev–Trinajstić information content (AvgIpc) is 3.68. The number of furan rings is 1. The first-order valence-electron chi connectivity index (χ1n) is 14.2. The minimum absolute atomic E-state index is 0.108. The SMILES string of the molecule is Cn1cc(-c2oc3ncnc(Oc4ccc(NC(=O)c5cn(C)c(=O)n(-c6ccccn6)c5=O)cc4)c3c2-c2cccc(N)c2)cn1. The summed E-state index contributed by atoms with van der Waals surface area (Å²) in [6, 6.07) is 18.7. The number of nitrogens with two attached hydrogens (primary N) is 1. The summed E-state index contributed by atoms with van der Waals surface area (Å²) in [4.78, 5) is 51.9. The molecule has 0 saturated carbocycles. The number of nitrogen functional groups attached to an aromatic ring is 1. The molecule has 3 N–H and O–H groups in total. The molecule has 232 valence electrons. The molecular formula is C33H25N9O5. The van der Waals surface area contributed by atoms with Crippen LogP contribution < -0.4 is 27.0 Å². The molecule has 7 aromatic rings. The van der Waals surface area contributed by atoms with Crippen LogP contribution in [0.5, 0.6) is 11.6 Å². The summed E-state index contributed by atoms with van der Waals surface area (Å²) >= 11 is 0. The lowest BCUT2D eigenvalue weighted by molar-refractivity contribution is 0.102. The summed E-state index contributed by atoms with van der Waals surface area (Å²) in [5, 5.41) is 7.52. The van der Waals surface area contributed by atoms with E-state index in [0.717, 1.165) is 20.3 Å². The average molecular weight is 628 g/mol. The zero-order chi connectivity index (χ0) is 32.7. The summed E-state index contributed by atoms with van der Waals surface area (Å²) in [6.07, 6.45) is 7.51. The van der Waals surface area contributed by atoms with Gasteiger partial charge in [-0.3, -0.25) is 14.3 Å². The van der Waals surface area contributed by atoms with Gasteiger partial charge in [0, 0.05) is 49.6 Å². The number of nitrogens with one attached hydrogen (secondary N) is 1. The fourth-order valence-electron chi connectivity index (χ4n) is 5.12. The standard InChI is InChI=1S/C33H25N9O5/c1-40-17-24(32(44)42(33(40)45)25-8-3-4-13-35-25)29(43)39-22-9-11-23(12-10-22)46-30-27-26(19-6-5-7-21(34)14-19)28(20-15-38-41(2)16-20)47-31(27)37-18-36-30/h3-18H,34H2,1-2H3,(H,39,43). The minimum Gasteiger partial charge on any atom is -0.438 e. The Morgan fingerprint density at radius 1 is 0.936 bits per heavy atom. The van der Waals surface area contributed by atoms with Crippen LogP contribution in [0, 0.1) is 0 Å². The molecule has 7 rings (SSSR count). The number of pyridine rings is 1. The number of amides is 1. The molecule has 0 spiro atoms. The number of aromatic nitrogens is 7. The van der Waals surface area contributed by atoms with Gasteiger partial charge in [0.05, 0.1) is 11.8 Å². The predicted molar refractivity (Wildman–Crippen MR) is 173 cm³/mol. The maximum Gasteiger partial charge on any atom is 0.336 e. The Kier molecular flexibility index (Phi) is 7.13. The second-order valence-corrected chi connectivity index (χ2v) is 10.5. The first-order valence-corrected chi connectivity index (χ1v) is 14.2. The zero-order valence-corrected chi connectivity index (χ0v) is 25.0. The third-order valence-electron chi connectivity index (χ3n) is 7.29. The van der Waals surface area contributed by atoms with Crippen LogP contribution in [-0.4, -0.2) is 39.8 Å². The van der Waals surface area contributed by atoms with E-state index in [9.17, 15) is 14.4 Å². The number of anilines is 2. The van der Waals surface area contributed by atoms with Crippen LogP contribution in [0.1, 0.15) is 10.4 Å². The van der Waals surface area contributed by atoms with Crippen molar-refractivity contribution in [1.82, 2.24) is 33.9 Å². The van der Waals surface area contributed by atoms with Crippen LogP contribution in [0.25, 0.3) is 39.4 Å². The van der Waals surface area contributed by atoms with E-state index < -0.39 is 17.2 Å². The highest BCUT2D eigenvalue weighted by molar-refractivity contribution is 6.04. The Morgan fingerprint density at radius 2 is 1.77 bits per heavy atom. The number of ether oxygens (including phenoxy) is 1. The zero-order valence-electron chi connectivity index (χ0n) is 25.0. The molecule has 5 aromatic heterocycles. The van der Waals surface area contributed by atoms with Crippen molar-refractivity contribution >= 4 is 28.4 Å².